The fraction of sp³-hybridized carbons (Fsp3) is 0. The Hall–Kier alpha value is 1.42. The third kappa shape index (κ3) is 2.01. The number of rotatable bonds is 0. The Morgan fingerprint density at radius 1 is 1.57 bits per heavy atom. The van der Waals surface area contributed by atoms with Crippen molar-refractivity contribution in [2.45, 2.75) is 0 Å². The Labute approximate surface area is 61.0 Å². The van der Waals surface area contributed by atoms with E-state index < -0.39 is 7.12 Å². The predicted molar refractivity (Wildman–Crippen MR) is 49.2 cm³/mol. The lowest BCUT2D eigenvalue weighted by Crippen LogP contribution is -1.62. The van der Waals surface area contributed by atoms with Gasteiger partial charge in [-0.15, -0.1) is 23.3 Å². The van der Waals surface area contributed by atoms with Gasteiger partial charge < -0.3 is 0 Å². The summed E-state index contributed by atoms with van der Waals surface area (Å²) in [6.07, 6.45) is 0. The van der Waals surface area contributed by atoms with E-state index in [1.54, 1.807) is 15.4 Å². The largest absolute Gasteiger partial charge is 0.204 e. The molecule has 0 unspecified atom stereocenters. The van der Waals surface area contributed by atoms with Crippen LogP contribution in [-0.2, 0) is 0 Å². The molecule has 0 N–H and O–H groups in total. The van der Waals surface area contributed by atoms with E-state index in [1.807, 2.05) is 0 Å². The molecule has 0 atom stereocenters. The average molecular weight is 189 g/mol. The normalized spacial score (nSPS) is 30.6. The van der Waals surface area contributed by atoms with Gasteiger partial charge in [-0.1, -0.05) is 0 Å². The number of nitrogens with zero attached hydrogens (tertiary/aromatic N) is 1. The lowest BCUT2D eigenvalue weighted by Gasteiger charge is -2.11. The standard InChI is InChI=1S/CH3NS5/c3-7(4)1-2-5-6-7/h1,3-4H. The molecule has 0 bridgehead atoms. The monoisotopic (exact) mass is 189 g/mol. The van der Waals surface area contributed by atoms with Crippen molar-refractivity contribution in [2.75, 3.05) is 0 Å². The van der Waals surface area contributed by atoms with E-state index >= 15 is 0 Å². The average Bonchev–Trinajstić information content (AvgIpc) is 1.84. The minimum absolute atomic E-state index is 1.07. The van der Waals surface area contributed by atoms with Crippen molar-refractivity contribution in [3.63, 3.8) is 0 Å². The summed E-state index contributed by atoms with van der Waals surface area (Å²) in [4.78, 5) is 0. The molecule has 1 heterocycles. The summed E-state index contributed by atoms with van der Waals surface area (Å²) < 4.78 is 3.88. The molecule has 0 saturated carbocycles. The number of thiol groups is 2. The highest BCUT2D eigenvalue weighted by atomic mass is 33.9. The summed E-state index contributed by atoms with van der Waals surface area (Å²) in [6.45, 7) is 0. The van der Waals surface area contributed by atoms with Crippen molar-refractivity contribution in [1.82, 2.24) is 0 Å². The maximum absolute atomic E-state index is 4.19. The minimum Gasteiger partial charge on any atom is -0.204 e. The zero-order chi connectivity index (χ0) is 5.33. The first-order valence-electron chi connectivity index (χ1n) is 1.37. The second-order valence-corrected chi connectivity index (χ2v) is 12.1. The second kappa shape index (κ2) is 2.34. The molecule has 0 amide bonds. The highest BCUT2D eigenvalue weighted by Crippen LogP contribution is 2.73. The predicted octanol–water partition coefficient (Wildman–Crippen LogP) is 2.73. The van der Waals surface area contributed by atoms with E-state index in [9.17, 15) is 0 Å². The number of hydrogen-bond acceptors (Lipinski definition) is 5. The molecule has 1 rings (SSSR count). The Bertz CT molecular complexity index is 96.3. The number of hydrogen-bond donors (Lipinski definition) is 2. The van der Waals surface area contributed by atoms with Crippen LogP contribution in [0.2, 0.25) is 0 Å². The molecule has 1 nitrogen and oxygen atoms in total. The summed E-state index contributed by atoms with van der Waals surface area (Å²) >= 11 is 8.38. The van der Waals surface area contributed by atoms with Gasteiger partial charge in [-0.05, 0) is 7.12 Å². The Morgan fingerprint density at radius 3 is 2.43 bits per heavy atom. The van der Waals surface area contributed by atoms with Crippen molar-refractivity contribution in [1.29, 1.82) is 0 Å². The maximum atomic E-state index is 4.19. The highest BCUT2D eigenvalue weighted by Gasteiger charge is 2.17. The molecular formula is CH3NS5. The van der Waals surface area contributed by atoms with Gasteiger partial charge >= 0.3 is 0 Å². The first kappa shape index (κ1) is 6.54. The molecule has 0 fully saturated rings. The molecule has 0 aromatic carbocycles. The van der Waals surface area contributed by atoms with E-state index in [4.69, 9.17) is 0 Å². The van der Waals surface area contributed by atoms with Crippen LogP contribution in [0.15, 0.2) is 4.40 Å². The molecule has 1 aliphatic rings. The molecule has 6 heteroatoms. The zero-order valence-electron chi connectivity index (χ0n) is 3.14. The van der Waals surface area contributed by atoms with Gasteiger partial charge in [-0.2, -0.15) is 0 Å². The van der Waals surface area contributed by atoms with E-state index in [1.165, 1.54) is 11.0 Å². The van der Waals surface area contributed by atoms with Gasteiger partial charge in [-0.25, -0.2) is 4.40 Å². The lowest BCUT2D eigenvalue weighted by atomic mass is 11.7. The summed E-state index contributed by atoms with van der Waals surface area (Å²) in [5, 5.41) is 0. The Morgan fingerprint density at radius 2 is 2.29 bits per heavy atom. The van der Waals surface area contributed by atoms with Crippen molar-refractivity contribution in [3.8, 4) is 0 Å². The molecule has 0 aliphatic carbocycles. The Kier molecular flexibility index (Phi) is 2.19. The van der Waals surface area contributed by atoms with Crippen LogP contribution in [0.5, 0.6) is 0 Å². The molecule has 1 aliphatic heterocycles. The lowest BCUT2D eigenvalue weighted by molar-refractivity contribution is 2.06. The van der Waals surface area contributed by atoms with Crippen molar-refractivity contribution in [3.05, 3.63) is 0 Å². The van der Waals surface area contributed by atoms with Crippen LogP contribution < -0.4 is 0 Å². The van der Waals surface area contributed by atoms with E-state index in [2.05, 4.69) is 27.7 Å². The fourth-order valence-corrected chi connectivity index (χ4v) is 5.62. The molecule has 0 saturated heterocycles. The van der Waals surface area contributed by atoms with Gasteiger partial charge in [-0.3, -0.25) is 0 Å². The van der Waals surface area contributed by atoms with Gasteiger partial charge in [0.2, 0.25) is 0 Å². The van der Waals surface area contributed by atoms with Crippen LogP contribution in [0, 0.1) is 0 Å². The maximum Gasteiger partial charge on any atom is 0.0794 e. The van der Waals surface area contributed by atoms with Crippen molar-refractivity contribution < 1.29 is 0 Å². The van der Waals surface area contributed by atoms with E-state index in [-0.39, 0.29) is 0 Å². The van der Waals surface area contributed by atoms with Crippen LogP contribution in [0.1, 0.15) is 0 Å². The van der Waals surface area contributed by atoms with Crippen LogP contribution in [0.25, 0.3) is 0 Å². The quantitative estimate of drug-likeness (QED) is 0.345. The first-order valence-corrected chi connectivity index (χ1v) is 7.80. The van der Waals surface area contributed by atoms with Crippen molar-refractivity contribution in [2.24, 2.45) is 4.40 Å². The third-order valence-corrected chi connectivity index (χ3v) is 8.82. The van der Waals surface area contributed by atoms with Crippen LogP contribution in [0.4, 0.5) is 0 Å². The van der Waals surface area contributed by atoms with E-state index in [0.29, 0.717) is 0 Å². The Balaban J connectivity index is 2.57. The van der Waals surface area contributed by atoms with Crippen LogP contribution in [-0.4, -0.2) is 5.55 Å². The summed E-state index contributed by atoms with van der Waals surface area (Å²) in [5.41, 5.74) is 1.79. The second-order valence-electron chi connectivity index (χ2n) is 0.891. The molecule has 0 aromatic rings. The summed E-state index contributed by atoms with van der Waals surface area (Å²) in [6, 6.07) is 0. The zero-order valence-corrected chi connectivity index (χ0v) is 7.38. The smallest absolute Gasteiger partial charge is 0.0794 e. The van der Waals surface area contributed by atoms with Gasteiger partial charge in [0.1, 0.15) is 0 Å². The molecule has 0 radical (unpaired) electrons. The topological polar surface area (TPSA) is 12.4 Å². The minimum atomic E-state index is -1.07. The highest BCUT2D eigenvalue weighted by molar-refractivity contribution is 9.56. The molecule has 0 aromatic heterocycles. The molecule has 0 spiro atoms. The molecular weight excluding hydrogens is 186 g/mol. The van der Waals surface area contributed by atoms with Crippen LogP contribution >= 0.6 is 51.3 Å². The van der Waals surface area contributed by atoms with Gasteiger partial charge in [0.15, 0.2) is 0 Å². The SMILES string of the molecule is SS1(S)C=NSS1. The van der Waals surface area contributed by atoms with E-state index in [0.717, 1.165) is 0 Å². The fourth-order valence-electron chi connectivity index (χ4n) is 0.154. The summed E-state index contributed by atoms with van der Waals surface area (Å²) in [7, 11) is 1.99. The van der Waals surface area contributed by atoms with Gasteiger partial charge in [0.25, 0.3) is 0 Å². The summed E-state index contributed by atoms with van der Waals surface area (Å²) in [5.74, 6) is 0. The first-order chi connectivity index (χ1) is 3.21. The third-order valence-electron chi connectivity index (χ3n) is 0.354. The molecule has 7 heavy (non-hydrogen) atoms. The molecule has 42 valence electrons. The van der Waals surface area contributed by atoms with Crippen LogP contribution in [0.3, 0.4) is 0 Å². The van der Waals surface area contributed by atoms with Crippen molar-refractivity contribution >= 4 is 56.8 Å². The van der Waals surface area contributed by atoms with Gasteiger partial charge in [0, 0.05) is 9.83 Å². The van der Waals surface area contributed by atoms with Gasteiger partial charge in [0.05, 0.1) is 16.5 Å².